The van der Waals surface area contributed by atoms with Crippen molar-refractivity contribution in [1.82, 2.24) is 4.90 Å². The van der Waals surface area contributed by atoms with E-state index >= 15 is 0 Å². The topological polar surface area (TPSA) is 66.8 Å². The molecule has 1 spiro atoms. The van der Waals surface area contributed by atoms with E-state index in [2.05, 4.69) is 0 Å². The summed E-state index contributed by atoms with van der Waals surface area (Å²) in [6.45, 7) is 0.173. The van der Waals surface area contributed by atoms with Gasteiger partial charge in [0.05, 0.1) is 6.54 Å². The molecule has 2 heterocycles. The third-order valence-corrected chi connectivity index (χ3v) is 3.76. The number of thioether (sulfide) groups is 1. The fourth-order valence-electron chi connectivity index (χ4n) is 1.98. The first kappa shape index (κ1) is 10.6. The number of hydrogen-bond donors (Lipinski definition) is 1. The Bertz CT molecular complexity index is 288. The Labute approximate surface area is 91.8 Å². The van der Waals surface area contributed by atoms with E-state index in [1.54, 1.807) is 0 Å². The van der Waals surface area contributed by atoms with Crippen molar-refractivity contribution in [3.63, 3.8) is 0 Å². The number of carboxylic acid groups (broad SMARTS) is 1. The monoisotopic (exact) mass is 231 g/mol. The van der Waals surface area contributed by atoms with Gasteiger partial charge in [-0.25, -0.2) is 4.79 Å². The van der Waals surface area contributed by atoms with Gasteiger partial charge in [-0.2, -0.15) is 11.8 Å². The van der Waals surface area contributed by atoms with Crippen LogP contribution in [0.3, 0.4) is 0 Å². The van der Waals surface area contributed by atoms with Crippen LogP contribution in [0.5, 0.6) is 0 Å². The van der Waals surface area contributed by atoms with E-state index in [4.69, 9.17) is 9.84 Å². The average Bonchev–Trinajstić information content (AvgIpc) is 2.43. The van der Waals surface area contributed by atoms with E-state index in [1.165, 1.54) is 4.90 Å². The largest absolute Gasteiger partial charge is 0.480 e. The summed E-state index contributed by atoms with van der Waals surface area (Å²) in [5.41, 5.74) is -0.405. The summed E-state index contributed by atoms with van der Waals surface area (Å²) >= 11 is 1.85. The minimum atomic E-state index is -0.991. The van der Waals surface area contributed by atoms with Crippen molar-refractivity contribution in [2.45, 2.75) is 18.4 Å². The highest BCUT2D eigenvalue weighted by Crippen LogP contribution is 2.35. The zero-order chi connectivity index (χ0) is 10.9. The van der Waals surface area contributed by atoms with Gasteiger partial charge in [0.1, 0.15) is 12.1 Å². The summed E-state index contributed by atoms with van der Waals surface area (Å²) in [6.07, 6.45) is 1.18. The quantitative estimate of drug-likeness (QED) is 0.761. The van der Waals surface area contributed by atoms with Gasteiger partial charge in [-0.15, -0.1) is 0 Å². The highest BCUT2D eigenvalue weighted by atomic mass is 32.2. The smallest absolute Gasteiger partial charge is 0.411 e. The van der Waals surface area contributed by atoms with E-state index < -0.39 is 17.7 Å². The van der Waals surface area contributed by atoms with E-state index in [0.717, 1.165) is 24.3 Å². The molecule has 6 heteroatoms. The molecule has 0 aromatic rings. The Morgan fingerprint density at radius 3 is 2.80 bits per heavy atom. The number of amides is 1. The van der Waals surface area contributed by atoms with E-state index in [0.29, 0.717) is 6.54 Å². The summed E-state index contributed by atoms with van der Waals surface area (Å²) in [5, 5.41) is 8.62. The van der Waals surface area contributed by atoms with E-state index in [9.17, 15) is 9.59 Å². The molecule has 84 valence electrons. The fourth-order valence-corrected chi connectivity index (χ4v) is 3.22. The Kier molecular flexibility index (Phi) is 2.77. The lowest BCUT2D eigenvalue weighted by Gasteiger charge is -2.30. The molecule has 0 aliphatic carbocycles. The van der Waals surface area contributed by atoms with Crippen LogP contribution in [0, 0.1) is 0 Å². The second kappa shape index (κ2) is 3.92. The first-order valence-corrected chi connectivity index (χ1v) is 6.04. The molecule has 0 aromatic carbocycles. The average molecular weight is 231 g/mol. The lowest BCUT2D eigenvalue weighted by atomic mass is 9.97. The number of hydrogen-bond acceptors (Lipinski definition) is 4. The molecule has 0 unspecified atom stereocenters. The van der Waals surface area contributed by atoms with Gasteiger partial charge in [-0.05, 0) is 24.3 Å². The van der Waals surface area contributed by atoms with Gasteiger partial charge < -0.3 is 9.84 Å². The summed E-state index contributed by atoms with van der Waals surface area (Å²) in [7, 11) is 0. The van der Waals surface area contributed by atoms with Crippen molar-refractivity contribution in [3.8, 4) is 0 Å². The number of aliphatic carboxylic acids is 1. The molecule has 1 N–H and O–H groups in total. The molecule has 2 saturated heterocycles. The second-order valence-corrected chi connectivity index (χ2v) is 5.14. The highest BCUT2D eigenvalue weighted by molar-refractivity contribution is 7.99. The predicted octanol–water partition coefficient (Wildman–Crippen LogP) is 0.789. The molecular weight excluding hydrogens is 218 g/mol. The van der Waals surface area contributed by atoms with Crippen molar-refractivity contribution >= 4 is 23.8 Å². The molecule has 1 amide bonds. The van der Waals surface area contributed by atoms with Crippen molar-refractivity contribution in [2.24, 2.45) is 0 Å². The van der Waals surface area contributed by atoms with Crippen molar-refractivity contribution in [1.29, 1.82) is 0 Å². The first-order valence-electron chi connectivity index (χ1n) is 4.89. The van der Waals surface area contributed by atoms with Gasteiger partial charge in [0.15, 0.2) is 0 Å². The van der Waals surface area contributed by atoms with Crippen LogP contribution in [-0.2, 0) is 9.53 Å². The molecule has 2 fully saturated rings. The van der Waals surface area contributed by atoms with Crippen LogP contribution in [0.15, 0.2) is 0 Å². The summed E-state index contributed by atoms with van der Waals surface area (Å²) < 4.78 is 5.31. The lowest BCUT2D eigenvalue weighted by molar-refractivity contribution is -0.137. The van der Waals surface area contributed by atoms with Crippen LogP contribution in [0.1, 0.15) is 12.8 Å². The predicted molar refractivity (Wildman–Crippen MR) is 55.0 cm³/mol. The molecule has 0 aromatic heterocycles. The van der Waals surface area contributed by atoms with Crippen LogP contribution in [0.2, 0.25) is 0 Å². The van der Waals surface area contributed by atoms with Gasteiger partial charge in [0.2, 0.25) is 0 Å². The molecule has 0 radical (unpaired) electrons. The number of nitrogens with zero attached hydrogens (tertiary/aromatic N) is 1. The molecule has 0 atom stereocenters. The summed E-state index contributed by atoms with van der Waals surface area (Å²) in [4.78, 5) is 23.2. The van der Waals surface area contributed by atoms with E-state index in [-0.39, 0.29) is 6.54 Å². The Morgan fingerprint density at radius 2 is 2.20 bits per heavy atom. The number of carbonyl (C=O) groups excluding carboxylic acids is 1. The molecule has 0 saturated carbocycles. The van der Waals surface area contributed by atoms with Gasteiger partial charge >= 0.3 is 12.1 Å². The molecule has 0 bridgehead atoms. The zero-order valence-corrected chi connectivity index (χ0v) is 9.09. The molecule has 2 rings (SSSR count). The van der Waals surface area contributed by atoms with Crippen LogP contribution >= 0.6 is 11.8 Å². The van der Waals surface area contributed by atoms with Crippen LogP contribution in [0.25, 0.3) is 0 Å². The molecule has 2 aliphatic rings. The van der Waals surface area contributed by atoms with Crippen LogP contribution in [0.4, 0.5) is 4.79 Å². The maximum Gasteiger partial charge on any atom is 0.411 e. The second-order valence-electron chi connectivity index (χ2n) is 3.91. The third-order valence-electron chi connectivity index (χ3n) is 2.77. The van der Waals surface area contributed by atoms with Gasteiger partial charge in [-0.3, -0.25) is 9.69 Å². The van der Waals surface area contributed by atoms with Gasteiger partial charge in [0, 0.05) is 0 Å². The van der Waals surface area contributed by atoms with Crippen LogP contribution in [-0.4, -0.2) is 52.3 Å². The Balaban J connectivity index is 2.01. The summed E-state index contributed by atoms with van der Waals surface area (Å²) in [6, 6.07) is 0. The fraction of sp³-hybridized carbons (Fsp3) is 0.778. The van der Waals surface area contributed by atoms with Crippen LogP contribution < -0.4 is 0 Å². The minimum Gasteiger partial charge on any atom is -0.480 e. The Hall–Kier alpha value is -0.910. The maximum atomic E-state index is 11.4. The lowest BCUT2D eigenvalue weighted by Crippen LogP contribution is -2.39. The SMILES string of the molecule is O=C(O)CN1CC2(CCSCC2)OC1=O. The number of ether oxygens (including phenoxy) is 1. The third kappa shape index (κ3) is 2.19. The minimum absolute atomic E-state index is 0.256. The van der Waals surface area contributed by atoms with Crippen molar-refractivity contribution in [3.05, 3.63) is 0 Å². The molecule has 5 nitrogen and oxygen atoms in total. The molecular formula is C9H13NO4S. The molecule has 15 heavy (non-hydrogen) atoms. The highest BCUT2D eigenvalue weighted by Gasteiger charge is 2.46. The molecule has 2 aliphatic heterocycles. The van der Waals surface area contributed by atoms with Crippen molar-refractivity contribution < 1.29 is 19.4 Å². The van der Waals surface area contributed by atoms with E-state index in [1.807, 2.05) is 11.8 Å². The normalized spacial score (nSPS) is 24.3. The zero-order valence-electron chi connectivity index (χ0n) is 8.27. The van der Waals surface area contributed by atoms with Gasteiger partial charge in [0.25, 0.3) is 0 Å². The summed E-state index contributed by atoms with van der Waals surface area (Å²) in [5.74, 6) is 0.969. The number of carbonyl (C=O) groups is 2. The van der Waals surface area contributed by atoms with Gasteiger partial charge in [-0.1, -0.05) is 0 Å². The number of carboxylic acids is 1. The van der Waals surface area contributed by atoms with Crippen molar-refractivity contribution in [2.75, 3.05) is 24.6 Å². The maximum absolute atomic E-state index is 11.4. The number of rotatable bonds is 2. The standard InChI is InChI=1S/C9H13NO4S/c11-7(12)5-10-6-9(14-8(10)13)1-3-15-4-2-9/h1-6H2,(H,11,12). The Morgan fingerprint density at radius 1 is 1.53 bits per heavy atom. The first-order chi connectivity index (χ1) is 7.11.